The van der Waals surface area contributed by atoms with E-state index in [1.807, 2.05) is 37.4 Å². The summed E-state index contributed by atoms with van der Waals surface area (Å²) in [6.45, 7) is 5.30. The Morgan fingerprint density at radius 3 is 2.64 bits per heavy atom. The summed E-state index contributed by atoms with van der Waals surface area (Å²) in [7, 11) is 0. The monoisotopic (exact) mass is 358 g/mol. The van der Waals surface area contributed by atoms with E-state index in [9.17, 15) is 5.21 Å². The molecule has 3 heterocycles. The third-order valence-corrected chi connectivity index (χ3v) is 4.59. The van der Waals surface area contributed by atoms with Crippen molar-refractivity contribution in [2.45, 2.75) is 13.0 Å². The van der Waals surface area contributed by atoms with Crippen molar-refractivity contribution in [1.29, 1.82) is 0 Å². The number of anilines is 1. The highest BCUT2D eigenvalue weighted by Crippen LogP contribution is 2.12. The lowest BCUT2D eigenvalue weighted by atomic mass is 10.2. The lowest BCUT2D eigenvalue weighted by Gasteiger charge is -2.36. The molecule has 2 N–H and O–H groups in total. The number of hydrogen-bond acceptors (Lipinski definition) is 5. The van der Waals surface area contributed by atoms with E-state index in [0.29, 0.717) is 10.8 Å². The molecule has 2 aromatic rings. The van der Waals surface area contributed by atoms with E-state index >= 15 is 0 Å². The number of thiocarbonyl (C=S) groups is 1. The predicted octanol–water partition coefficient (Wildman–Crippen LogP) is 0.977. The van der Waals surface area contributed by atoms with Crippen LogP contribution in [0.2, 0.25) is 0 Å². The molecule has 0 aliphatic carbocycles. The summed E-state index contributed by atoms with van der Waals surface area (Å²) in [5.41, 5.74) is 6.79. The second-order valence-electron chi connectivity index (χ2n) is 5.91. The lowest BCUT2D eigenvalue weighted by Crippen LogP contribution is -2.55. The summed E-state index contributed by atoms with van der Waals surface area (Å²) in [6, 6.07) is 11.1. The molecule has 8 heteroatoms. The van der Waals surface area contributed by atoms with Gasteiger partial charge in [0, 0.05) is 44.5 Å². The molecule has 2 aromatic heterocycles. The maximum atomic E-state index is 11.8. The molecule has 0 spiro atoms. The van der Waals surface area contributed by atoms with Crippen LogP contribution in [0.3, 0.4) is 0 Å². The Hall–Kier alpha value is -2.45. The van der Waals surface area contributed by atoms with Crippen LogP contribution in [0.1, 0.15) is 18.7 Å². The van der Waals surface area contributed by atoms with E-state index in [-0.39, 0.29) is 6.04 Å². The molecular formula is C17H22N6OS. The van der Waals surface area contributed by atoms with Gasteiger partial charge in [0.25, 0.3) is 0 Å². The van der Waals surface area contributed by atoms with Crippen molar-refractivity contribution in [3.63, 3.8) is 0 Å². The van der Waals surface area contributed by atoms with Crippen LogP contribution >= 0.6 is 12.2 Å². The van der Waals surface area contributed by atoms with Crippen LogP contribution in [0.4, 0.5) is 5.82 Å². The van der Waals surface area contributed by atoms with Gasteiger partial charge in [0.05, 0.1) is 0 Å². The van der Waals surface area contributed by atoms with Gasteiger partial charge in [-0.15, -0.1) is 0 Å². The molecule has 0 unspecified atom stereocenters. The van der Waals surface area contributed by atoms with Crippen molar-refractivity contribution in [2.75, 3.05) is 31.1 Å². The van der Waals surface area contributed by atoms with E-state index in [2.05, 4.69) is 25.6 Å². The summed E-state index contributed by atoms with van der Waals surface area (Å²) in [4.78, 5) is 8.75. The molecule has 0 saturated carbocycles. The van der Waals surface area contributed by atoms with Crippen LogP contribution in [0.15, 0.2) is 48.8 Å². The number of pyridine rings is 2. The Balaban J connectivity index is 1.47. The van der Waals surface area contributed by atoms with Gasteiger partial charge in [-0.1, -0.05) is 6.07 Å². The molecule has 25 heavy (non-hydrogen) atoms. The second-order valence-corrected chi connectivity index (χ2v) is 6.30. The molecule has 1 saturated heterocycles. The van der Waals surface area contributed by atoms with Crippen molar-refractivity contribution in [3.8, 4) is 0 Å². The first-order valence-electron chi connectivity index (χ1n) is 8.29. The Bertz CT molecular complexity index is 705. The van der Waals surface area contributed by atoms with E-state index in [4.69, 9.17) is 12.2 Å². The fourth-order valence-electron chi connectivity index (χ4n) is 2.78. The van der Waals surface area contributed by atoms with Gasteiger partial charge < -0.3 is 15.0 Å². The van der Waals surface area contributed by atoms with Gasteiger partial charge in [-0.05, 0) is 37.3 Å². The zero-order valence-corrected chi connectivity index (χ0v) is 14.9. The minimum Gasteiger partial charge on any atom is -0.618 e. The number of hydrogen-bond donors (Lipinski definition) is 2. The maximum absolute atomic E-state index is 11.8. The number of hydrazine groups is 1. The van der Waals surface area contributed by atoms with E-state index < -0.39 is 0 Å². The van der Waals surface area contributed by atoms with Gasteiger partial charge in [0.2, 0.25) is 5.69 Å². The number of aromatic nitrogens is 2. The van der Waals surface area contributed by atoms with E-state index in [0.717, 1.165) is 36.7 Å². The number of piperazine rings is 1. The first-order chi connectivity index (χ1) is 12.1. The third-order valence-electron chi connectivity index (χ3n) is 4.23. The van der Waals surface area contributed by atoms with Crippen molar-refractivity contribution in [2.24, 2.45) is 0 Å². The van der Waals surface area contributed by atoms with Gasteiger partial charge in [0.1, 0.15) is 11.9 Å². The van der Waals surface area contributed by atoms with Crippen LogP contribution < -0.4 is 20.5 Å². The first kappa shape index (κ1) is 17.4. The summed E-state index contributed by atoms with van der Waals surface area (Å²) >= 11 is 5.46. The number of nitrogens with one attached hydrogen (secondary N) is 2. The van der Waals surface area contributed by atoms with Gasteiger partial charge >= 0.3 is 0 Å². The maximum Gasteiger partial charge on any atom is 0.211 e. The average Bonchev–Trinajstić information content (AvgIpc) is 2.67. The predicted molar refractivity (Wildman–Crippen MR) is 101 cm³/mol. The van der Waals surface area contributed by atoms with Gasteiger partial charge in [-0.25, -0.2) is 10.4 Å². The molecule has 3 rings (SSSR count). The molecule has 132 valence electrons. The molecule has 1 aliphatic heterocycles. The first-order valence-corrected chi connectivity index (χ1v) is 8.70. The van der Waals surface area contributed by atoms with E-state index in [1.54, 1.807) is 12.1 Å². The smallest absolute Gasteiger partial charge is 0.211 e. The zero-order chi connectivity index (χ0) is 17.6. The molecule has 0 amide bonds. The highest BCUT2D eigenvalue weighted by molar-refractivity contribution is 7.80. The molecule has 1 atom stereocenters. The zero-order valence-electron chi connectivity index (χ0n) is 14.1. The van der Waals surface area contributed by atoms with Gasteiger partial charge in [0.15, 0.2) is 11.3 Å². The summed E-state index contributed by atoms with van der Waals surface area (Å²) in [6.07, 6.45) is 3.30. The quantitative estimate of drug-likeness (QED) is 0.365. The topological polar surface area (TPSA) is 70.4 Å². The average molecular weight is 358 g/mol. The summed E-state index contributed by atoms with van der Waals surface area (Å²) in [5.74, 6) is 0.997. The summed E-state index contributed by atoms with van der Waals surface area (Å²) in [5, 5.41) is 12.4. The molecular weight excluding hydrogens is 336 g/mol. The molecule has 0 radical (unpaired) electrons. The van der Waals surface area contributed by atoms with Gasteiger partial charge in [-0.3, -0.25) is 5.43 Å². The van der Waals surface area contributed by atoms with Crippen molar-refractivity contribution >= 4 is 23.1 Å². The Kier molecular flexibility index (Phi) is 5.62. The normalized spacial score (nSPS) is 15.7. The van der Waals surface area contributed by atoms with E-state index in [1.165, 1.54) is 6.20 Å². The standard InChI is InChI=1S/C17H22N6OS/c1-14(15-6-3-5-9-23(15)24)19-20-17(25)22-12-10-21(11-13-22)16-7-2-4-8-18-16/h2-9,14,19H,10-13H2,1H3,(H,20,25)/t14-/m1/s1. The fraction of sp³-hybridized carbons (Fsp3) is 0.353. The van der Waals surface area contributed by atoms with Crippen molar-refractivity contribution in [1.82, 2.24) is 20.7 Å². The van der Waals surface area contributed by atoms with Crippen LogP contribution in [0.25, 0.3) is 0 Å². The minimum atomic E-state index is -0.161. The number of rotatable bonds is 4. The molecule has 1 aliphatic rings. The Morgan fingerprint density at radius 2 is 1.96 bits per heavy atom. The molecule has 1 fully saturated rings. The van der Waals surface area contributed by atoms with Crippen LogP contribution in [0, 0.1) is 5.21 Å². The molecule has 7 nitrogen and oxygen atoms in total. The SMILES string of the molecule is C[C@@H](NNC(=S)N1CCN(c2ccccn2)CC1)c1cccc[n+]1[O-]. The minimum absolute atomic E-state index is 0.161. The Labute approximate surface area is 152 Å². The van der Waals surface area contributed by atoms with Crippen LogP contribution in [-0.4, -0.2) is 41.2 Å². The fourth-order valence-corrected chi connectivity index (χ4v) is 3.02. The van der Waals surface area contributed by atoms with Crippen LogP contribution in [-0.2, 0) is 0 Å². The van der Waals surface area contributed by atoms with Crippen molar-refractivity contribution in [3.05, 3.63) is 59.7 Å². The largest absolute Gasteiger partial charge is 0.618 e. The summed E-state index contributed by atoms with van der Waals surface area (Å²) < 4.78 is 0.855. The third kappa shape index (κ3) is 4.34. The van der Waals surface area contributed by atoms with Crippen molar-refractivity contribution < 1.29 is 4.73 Å². The molecule has 0 aromatic carbocycles. The van der Waals surface area contributed by atoms with Gasteiger partial charge in [-0.2, -0.15) is 4.73 Å². The highest BCUT2D eigenvalue weighted by atomic mass is 32.1. The van der Waals surface area contributed by atoms with Crippen LogP contribution in [0.5, 0.6) is 0 Å². The highest BCUT2D eigenvalue weighted by Gasteiger charge is 2.20. The number of nitrogens with zero attached hydrogens (tertiary/aromatic N) is 4. The Morgan fingerprint density at radius 1 is 1.20 bits per heavy atom. The second kappa shape index (κ2) is 8.09. The lowest BCUT2D eigenvalue weighted by molar-refractivity contribution is -0.616. The molecule has 0 bridgehead atoms.